The van der Waals surface area contributed by atoms with Gasteiger partial charge in [-0.2, -0.15) is 13.2 Å². The zero-order valence-electron chi connectivity index (χ0n) is 12.1. The number of aryl methyl sites for hydroxylation is 1. The largest absolute Gasteiger partial charge is 0.477 e. The number of hydrogen-bond acceptors (Lipinski definition) is 3. The summed E-state index contributed by atoms with van der Waals surface area (Å²) in [6.45, 7) is 1.81. The van der Waals surface area contributed by atoms with Gasteiger partial charge in [0.1, 0.15) is 11.4 Å². The van der Waals surface area contributed by atoms with Gasteiger partial charge in [-0.05, 0) is 36.3 Å². The number of aliphatic carboxylic acids is 1. The minimum atomic E-state index is -4.53. The summed E-state index contributed by atoms with van der Waals surface area (Å²) < 4.78 is 37.4. The standard InChI is InChI=1S/C16H13F3N2O2/c1-10-4-2-3-5-12(10)21-13(15(22)23)8-11-6-7-14(20-9-11)16(17,18)19/h2-9,21H,1H3,(H,22,23)/b13-8+. The van der Waals surface area contributed by atoms with Crippen molar-refractivity contribution in [2.45, 2.75) is 13.1 Å². The second-order valence-electron chi connectivity index (χ2n) is 4.78. The van der Waals surface area contributed by atoms with Gasteiger partial charge in [0.15, 0.2) is 0 Å². The highest BCUT2D eigenvalue weighted by atomic mass is 19.4. The van der Waals surface area contributed by atoms with Gasteiger partial charge in [0.2, 0.25) is 0 Å². The van der Waals surface area contributed by atoms with Gasteiger partial charge in [0, 0.05) is 11.9 Å². The third-order valence-corrected chi connectivity index (χ3v) is 3.03. The van der Waals surface area contributed by atoms with Crippen LogP contribution in [0, 0.1) is 6.92 Å². The van der Waals surface area contributed by atoms with Crippen molar-refractivity contribution < 1.29 is 23.1 Å². The molecule has 0 saturated carbocycles. The van der Waals surface area contributed by atoms with Crippen LogP contribution < -0.4 is 5.32 Å². The van der Waals surface area contributed by atoms with Crippen LogP contribution in [-0.2, 0) is 11.0 Å². The highest BCUT2D eigenvalue weighted by Crippen LogP contribution is 2.27. The number of para-hydroxylation sites is 1. The summed E-state index contributed by atoms with van der Waals surface area (Å²) in [4.78, 5) is 14.6. The van der Waals surface area contributed by atoms with Gasteiger partial charge >= 0.3 is 12.1 Å². The van der Waals surface area contributed by atoms with Crippen LogP contribution >= 0.6 is 0 Å². The maximum Gasteiger partial charge on any atom is 0.433 e. The zero-order chi connectivity index (χ0) is 17.0. The predicted molar refractivity (Wildman–Crippen MR) is 79.7 cm³/mol. The molecule has 0 aliphatic heterocycles. The summed E-state index contributed by atoms with van der Waals surface area (Å²) in [6.07, 6.45) is -2.33. The summed E-state index contributed by atoms with van der Waals surface area (Å²) in [5.41, 5.74) is 0.488. The molecule has 0 unspecified atom stereocenters. The summed E-state index contributed by atoms with van der Waals surface area (Å²) in [5.74, 6) is -1.23. The maximum absolute atomic E-state index is 12.5. The molecule has 0 aliphatic rings. The number of halogens is 3. The lowest BCUT2D eigenvalue weighted by Crippen LogP contribution is -2.11. The topological polar surface area (TPSA) is 62.2 Å². The number of alkyl halides is 3. The molecule has 1 aromatic carbocycles. The third kappa shape index (κ3) is 4.32. The smallest absolute Gasteiger partial charge is 0.433 e. The van der Waals surface area contributed by atoms with E-state index in [-0.39, 0.29) is 11.3 Å². The Morgan fingerprint density at radius 3 is 2.43 bits per heavy atom. The molecule has 2 N–H and O–H groups in total. The number of carboxylic acid groups (broad SMARTS) is 1. The first kappa shape index (κ1) is 16.5. The fourth-order valence-electron chi connectivity index (χ4n) is 1.83. The van der Waals surface area contributed by atoms with Gasteiger partial charge in [-0.25, -0.2) is 4.79 Å². The monoisotopic (exact) mass is 322 g/mol. The Kier molecular flexibility index (Phi) is 4.68. The molecule has 0 saturated heterocycles. The van der Waals surface area contributed by atoms with E-state index in [0.717, 1.165) is 23.9 Å². The number of benzene rings is 1. The van der Waals surface area contributed by atoms with Crippen molar-refractivity contribution in [3.8, 4) is 0 Å². The number of nitrogens with zero attached hydrogens (tertiary/aromatic N) is 1. The summed E-state index contributed by atoms with van der Waals surface area (Å²) >= 11 is 0. The minimum absolute atomic E-state index is 0.166. The molecule has 0 radical (unpaired) electrons. The van der Waals surface area contributed by atoms with Crippen LogP contribution in [0.1, 0.15) is 16.8 Å². The molecule has 0 aliphatic carbocycles. The number of carbonyl (C=O) groups is 1. The number of nitrogens with one attached hydrogen (secondary N) is 1. The number of rotatable bonds is 4. The number of pyridine rings is 1. The van der Waals surface area contributed by atoms with Crippen molar-refractivity contribution in [1.29, 1.82) is 0 Å². The van der Waals surface area contributed by atoms with E-state index >= 15 is 0 Å². The summed E-state index contributed by atoms with van der Waals surface area (Å²) in [5, 5.41) is 12.0. The predicted octanol–water partition coefficient (Wildman–Crippen LogP) is 3.95. The molecule has 23 heavy (non-hydrogen) atoms. The molecular weight excluding hydrogens is 309 g/mol. The van der Waals surface area contributed by atoms with Crippen molar-refractivity contribution in [3.63, 3.8) is 0 Å². The van der Waals surface area contributed by atoms with E-state index in [1.165, 1.54) is 6.08 Å². The number of anilines is 1. The van der Waals surface area contributed by atoms with Crippen LogP contribution in [0.4, 0.5) is 18.9 Å². The van der Waals surface area contributed by atoms with Crippen molar-refractivity contribution in [2.75, 3.05) is 5.32 Å². The Morgan fingerprint density at radius 2 is 1.91 bits per heavy atom. The molecule has 1 aromatic heterocycles. The van der Waals surface area contributed by atoms with Crippen LogP contribution in [-0.4, -0.2) is 16.1 Å². The molecule has 0 spiro atoms. The van der Waals surface area contributed by atoms with Crippen molar-refractivity contribution >= 4 is 17.7 Å². The van der Waals surface area contributed by atoms with Crippen LogP contribution in [0.3, 0.4) is 0 Å². The lowest BCUT2D eigenvalue weighted by molar-refractivity contribution is -0.141. The van der Waals surface area contributed by atoms with E-state index in [4.69, 9.17) is 0 Å². The maximum atomic E-state index is 12.5. The van der Waals surface area contributed by atoms with Crippen molar-refractivity contribution in [2.24, 2.45) is 0 Å². The van der Waals surface area contributed by atoms with Gasteiger partial charge in [0.05, 0.1) is 0 Å². The number of aromatic nitrogens is 1. The normalized spacial score (nSPS) is 12.1. The molecule has 2 aromatic rings. The van der Waals surface area contributed by atoms with Crippen LogP contribution in [0.2, 0.25) is 0 Å². The molecule has 4 nitrogen and oxygen atoms in total. The molecule has 7 heteroatoms. The second-order valence-corrected chi connectivity index (χ2v) is 4.78. The van der Waals surface area contributed by atoms with Crippen molar-refractivity contribution in [1.82, 2.24) is 4.98 Å². The first-order chi connectivity index (χ1) is 10.8. The Bertz CT molecular complexity index is 738. The first-order valence-corrected chi connectivity index (χ1v) is 6.58. The molecule has 120 valence electrons. The molecule has 0 amide bonds. The van der Waals surface area contributed by atoms with E-state index in [0.29, 0.717) is 5.69 Å². The van der Waals surface area contributed by atoms with Gasteiger partial charge in [0.25, 0.3) is 0 Å². The van der Waals surface area contributed by atoms with Crippen molar-refractivity contribution in [3.05, 3.63) is 65.1 Å². The number of hydrogen-bond donors (Lipinski definition) is 2. The van der Waals surface area contributed by atoms with Crippen LogP contribution in [0.25, 0.3) is 6.08 Å². The Morgan fingerprint density at radius 1 is 1.22 bits per heavy atom. The third-order valence-electron chi connectivity index (χ3n) is 3.03. The van der Waals surface area contributed by atoms with E-state index in [1.807, 2.05) is 19.1 Å². The van der Waals surface area contributed by atoms with Gasteiger partial charge in [-0.15, -0.1) is 0 Å². The zero-order valence-corrected chi connectivity index (χ0v) is 12.1. The number of carboxylic acids is 1. The molecular formula is C16H13F3N2O2. The van der Waals surface area contributed by atoms with Gasteiger partial charge in [-0.3, -0.25) is 4.98 Å². The first-order valence-electron chi connectivity index (χ1n) is 6.58. The molecule has 0 atom stereocenters. The molecule has 1 heterocycles. The van der Waals surface area contributed by atoms with Crippen LogP contribution in [0.5, 0.6) is 0 Å². The van der Waals surface area contributed by atoms with Gasteiger partial charge < -0.3 is 10.4 Å². The van der Waals surface area contributed by atoms with Gasteiger partial charge in [-0.1, -0.05) is 24.3 Å². The summed E-state index contributed by atoms with van der Waals surface area (Å²) in [6, 6.07) is 9.04. The average Bonchev–Trinajstić information content (AvgIpc) is 2.48. The molecule has 0 fully saturated rings. The quantitative estimate of drug-likeness (QED) is 0.837. The van der Waals surface area contributed by atoms with E-state index < -0.39 is 17.8 Å². The molecule has 2 rings (SSSR count). The SMILES string of the molecule is Cc1ccccc1N/C(=C/c1ccc(C(F)(F)F)nc1)C(=O)O. The van der Waals surface area contributed by atoms with Crippen LogP contribution in [0.15, 0.2) is 48.3 Å². The Balaban J connectivity index is 2.29. The highest BCUT2D eigenvalue weighted by molar-refractivity contribution is 5.95. The lowest BCUT2D eigenvalue weighted by Gasteiger charge is -2.10. The highest BCUT2D eigenvalue weighted by Gasteiger charge is 2.31. The molecule has 0 bridgehead atoms. The summed E-state index contributed by atoms with van der Waals surface area (Å²) in [7, 11) is 0. The average molecular weight is 322 g/mol. The Hall–Kier alpha value is -2.83. The van der Waals surface area contributed by atoms with E-state index in [1.54, 1.807) is 12.1 Å². The fraction of sp³-hybridized carbons (Fsp3) is 0.125. The fourth-order valence-corrected chi connectivity index (χ4v) is 1.83. The lowest BCUT2D eigenvalue weighted by atomic mass is 10.1. The minimum Gasteiger partial charge on any atom is -0.477 e. The Labute approximate surface area is 130 Å². The van der Waals surface area contributed by atoms with E-state index in [2.05, 4.69) is 10.3 Å². The second kappa shape index (κ2) is 6.51. The van der Waals surface area contributed by atoms with E-state index in [9.17, 15) is 23.1 Å².